The summed E-state index contributed by atoms with van der Waals surface area (Å²) in [4.78, 5) is 5.60. The van der Waals surface area contributed by atoms with Crippen LogP contribution < -0.4 is 0 Å². The molecule has 1 saturated carbocycles. The molecule has 6 nitrogen and oxygen atoms in total. The minimum atomic E-state index is -3.56. The Balaban J connectivity index is 1.93. The fraction of sp³-hybridized carbons (Fsp3) is 0.526. The quantitative estimate of drug-likeness (QED) is 0.715. The molecule has 1 aromatic rings. The molecule has 1 aromatic carbocycles. The third-order valence-corrected chi connectivity index (χ3v) is 7.58. The molecule has 7 heteroatoms. The molecule has 0 radical (unpaired) electrons. The summed E-state index contributed by atoms with van der Waals surface area (Å²) in [6, 6.07) is 8.78. The molecular weight excluding hydrogens is 350 g/mol. The lowest BCUT2D eigenvalue weighted by molar-refractivity contribution is -0.110. The summed E-state index contributed by atoms with van der Waals surface area (Å²) < 4.78 is 28.6. The van der Waals surface area contributed by atoms with E-state index in [4.69, 9.17) is 10.1 Å². The molecule has 0 bridgehead atoms. The number of sulfonamides is 1. The molecule has 1 heterocycles. The smallest absolute Gasteiger partial charge is 0.221 e. The molecule has 2 aliphatic rings. The highest BCUT2D eigenvalue weighted by Gasteiger charge is 2.47. The Bertz CT molecular complexity index is 779. The Kier molecular flexibility index (Phi) is 5.78. The second kappa shape index (κ2) is 7.89. The van der Waals surface area contributed by atoms with E-state index >= 15 is 0 Å². The standard InChI is InChI=1S/C19H25N3O3S/c1-3-12-22(17-6-4-5-7-17)26(23,24)18-14-25-21(2)19(18)16-10-8-15(13-20)9-11-16/h3,8-11,17-19H,1,4-7,12,14H2,2H3. The number of nitriles is 1. The van der Waals surface area contributed by atoms with Crippen molar-refractivity contribution in [1.82, 2.24) is 9.37 Å². The van der Waals surface area contributed by atoms with Gasteiger partial charge in [0.05, 0.1) is 24.3 Å². The van der Waals surface area contributed by atoms with Gasteiger partial charge in [0, 0.05) is 19.6 Å². The Labute approximate surface area is 155 Å². The molecule has 2 fully saturated rings. The molecule has 26 heavy (non-hydrogen) atoms. The van der Waals surface area contributed by atoms with Crippen molar-refractivity contribution in [1.29, 1.82) is 5.26 Å². The predicted molar refractivity (Wildman–Crippen MR) is 99.5 cm³/mol. The van der Waals surface area contributed by atoms with E-state index < -0.39 is 21.3 Å². The highest BCUT2D eigenvalue weighted by Crippen LogP contribution is 2.37. The van der Waals surface area contributed by atoms with Crippen molar-refractivity contribution in [3.05, 3.63) is 48.0 Å². The second-order valence-electron chi connectivity index (χ2n) is 6.90. The van der Waals surface area contributed by atoms with E-state index in [2.05, 4.69) is 12.6 Å². The molecule has 1 aliphatic carbocycles. The summed E-state index contributed by atoms with van der Waals surface area (Å²) >= 11 is 0. The number of nitrogens with zero attached hydrogens (tertiary/aromatic N) is 3. The maximum absolute atomic E-state index is 13.5. The van der Waals surface area contributed by atoms with Gasteiger partial charge in [0.2, 0.25) is 10.0 Å². The van der Waals surface area contributed by atoms with E-state index in [1.807, 2.05) is 12.1 Å². The van der Waals surface area contributed by atoms with E-state index in [1.165, 1.54) is 0 Å². The minimum absolute atomic E-state index is 0.0468. The van der Waals surface area contributed by atoms with Crippen LogP contribution in [0, 0.1) is 11.3 Å². The zero-order valence-corrected chi connectivity index (χ0v) is 15.9. The van der Waals surface area contributed by atoms with Crippen LogP contribution in [0.2, 0.25) is 0 Å². The van der Waals surface area contributed by atoms with Gasteiger partial charge in [0.25, 0.3) is 0 Å². The summed E-state index contributed by atoms with van der Waals surface area (Å²) in [7, 11) is -1.81. The topological polar surface area (TPSA) is 73.6 Å². The molecular formula is C19H25N3O3S. The first-order chi connectivity index (χ1) is 12.5. The first kappa shape index (κ1) is 19.1. The van der Waals surface area contributed by atoms with Crippen LogP contribution in [-0.4, -0.2) is 49.3 Å². The Hall–Kier alpha value is -1.72. The largest absolute Gasteiger partial charge is 0.297 e. The lowest BCUT2D eigenvalue weighted by atomic mass is 10.0. The van der Waals surface area contributed by atoms with Crippen LogP contribution in [0.15, 0.2) is 36.9 Å². The van der Waals surface area contributed by atoms with E-state index in [0.717, 1.165) is 31.2 Å². The molecule has 0 aromatic heterocycles. The van der Waals surface area contributed by atoms with Crippen molar-refractivity contribution in [2.24, 2.45) is 0 Å². The Morgan fingerprint density at radius 2 is 2.00 bits per heavy atom. The Morgan fingerprint density at radius 3 is 2.58 bits per heavy atom. The summed E-state index contributed by atoms with van der Waals surface area (Å²) in [5.74, 6) is 0. The van der Waals surface area contributed by atoms with Gasteiger partial charge in [-0.15, -0.1) is 6.58 Å². The van der Waals surface area contributed by atoms with Gasteiger partial charge in [-0.2, -0.15) is 14.6 Å². The highest BCUT2D eigenvalue weighted by molar-refractivity contribution is 7.89. The molecule has 0 N–H and O–H groups in total. The van der Waals surface area contributed by atoms with Gasteiger partial charge in [0.1, 0.15) is 5.25 Å². The maximum atomic E-state index is 13.5. The fourth-order valence-corrected chi connectivity index (χ4v) is 6.15. The molecule has 2 unspecified atom stereocenters. The SMILES string of the molecule is C=CCN(C1CCCC1)S(=O)(=O)C1CON(C)C1c1ccc(C#N)cc1. The number of rotatable bonds is 6. The van der Waals surface area contributed by atoms with Crippen molar-refractivity contribution in [2.45, 2.75) is 43.0 Å². The first-order valence-corrected chi connectivity index (χ1v) is 10.5. The lowest BCUT2D eigenvalue weighted by Gasteiger charge is -2.32. The second-order valence-corrected chi connectivity index (χ2v) is 9.01. The monoisotopic (exact) mass is 375 g/mol. The molecule has 140 valence electrons. The summed E-state index contributed by atoms with van der Waals surface area (Å²) in [5, 5.41) is 9.92. The zero-order chi connectivity index (χ0) is 18.7. The van der Waals surface area contributed by atoms with Crippen LogP contribution in [-0.2, 0) is 14.9 Å². The highest BCUT2D eigenvalue weighted by atomic mass is 32.2. The van der Waals surface area contributed by atoms with Crippen molar-refractivity contribution >= 4 is 10.0 Å². The van der Waals surface area contributed by atoms with Crippen molar-refractivity contribution in [3.63, 3.8) is 0 Å². The fourth-order valence-electron chi connectivity index (χ4n) is 3.98. The van der Waals surface area contributed by atoms with Gasteiger partial charge in [-0.3, -0.25) is 4.84 Å². The van der Waals surface area contributed by atoms with Gasteiger partial charge >= 0.3 is 0 Å². The maximum Gasteiger partial charge on any atom is 0.221 e. The van der Waals surface area contributed by atoms with Crippen LogP contribution >= 0.6 is 0 Å². The third kappa shape index (κ3) is 3.55. The van der Waals surface area contributed by atoms with E-state index in [-0.39, 0.29) is 12.6 Å². The number of hydrogen-bond donors (Lipinski definition) is 0. The predicted octanol–water partition coefficient (Wildman–Crippen LogP) is 2.61. The van der Waals surface area contributed by atoms with Crippen molar-refractivity contribution in [2.75, 3.05) is 20.2 Å². The summed E-state index contributed by atoms with van der Waals surface area (Å²) in [6.45, 7) is 4.20. The van der Waals surface area contributed by atoms with Crippen molar-refractivity contribution in [3.8, 4) is 6.07 Å². The van der Waals surface area contributed by atoms with E-state index in [9.17, 15) is 8.42 Å². The van der Waals surface area contributed by atoms with Gasteiger partial charge in [-0.25, -0.2) is 8.42 Å². The van der Waals surface area contributed by atoms with Gasteiger partial charge in [0.15, 0.2) is 0 Å². The number of benzene rings is 1. The molecule has 1 saturated heterocycles. The van der Waals surface area contributed by atoms with Gasteiger partial charge < -0.3 is 0 Å². The van der Waals surface area contributed by atoms with Crippen LogP contribution in [0.25, 0.3) is 0 Å². The average Bonchev–Trinajstić information content (AvgIpc) is 3.29. The molecule has 0 spiro atoms. The minimum Gasteiger partial charge on any atom is -0.297 e. The van der Waals surface area contributed by atoms with Crippen LogP contribution in [0.4, 0.5) is 0 Å². The zero-order valence-electron chi connectivity index (χ0n) is 15.0. The van der Waals surface area contributed by atoms with Gasteiger partial charge in [-0.05, 0) is 30.5 Å². The molecule has 2 atom stereocenters. The number of hydrogen-bond acceptors (Lipinski definition) is 5. The molecule has 0 amide bonds. The number of hydroxylamine groups is 2. The molecule has 1 aliphatic heterocycles. The average molecular weight is 375 g/mol. The Morgan fingerprint density at radius 1 is 1.35 bits per heavy atom. The van der Waals surface area contributed by atoms with E-state index in [0.29, 0.717) is 12.1 Å². The van der Waals surface area contributed by atoms with Crippen LogP contribution in [0.3, 0.4) is 0 Å². The van der Waals surface area contributed by atoms with Crippen LogP contribution in [0.5, 0.6) is 0 Å². The summed E-state index contributed by atoms with van der Waals surface area (Å²) in [5.41, 5.74) is 1.39. The van der Waals surface area contributed by atoms with Crippen molar-refractivity contribution < 1.29 is 13.3 Å². The van der Waals surface area contributed by atoms with Crippen LogP contribution in [0.1, 0.15) is 42.9 Å². The lowest BCUT2D eigenvalue weighted by Crippen LogP contribution is -2.46. The van der Waals surface area contributed by atoms with Gasteiger partial charge in [-0.1, -0.05) is 31.1 Å². The third-order valence-electron chi connectivity index (χ3n) is 5.32. The molecule has 3 rings (SSSR count). The van der Waals surface area contributed by atoms with E-state index in [1.54, 1.807) is 34.6 Å². The summed E-state index contributed by atoms with van der Waals surface area (Å²) in [6.07, 6.45) is 5.59. The normalized spacial score (nSPS) is 24.8. The first-order valence-electron chi connectivity index (χ1n) is 8.96.